The first kappa shape index (κ1) is 21.5. The van der Waals surface area contributed by atoms with E-state index >= 15 is 0 Å². The lowest BCUT2D eigenvalue weighted by Crippen LogP contribution is -2.41. The Morgan fingerprint density at radius 3 is 2.54 bits per heavy atom. The fourth-order valence-corrected chi connectivity index (χ4v) is 4.46. The van der Waals surface area contributed by atoms with Gasteiger partial charge in [0.2, 0.25) is 0 Å². The average Bonchev–Trinajstić information content (AvgIpc) is 3.11. The summed E-state index contributed by atoms with van der Waals surface area (Å²) in [6.45, 7) is 15.4. The SMILES string of the molecule is CC(C)(C)[Si](C)(C)OCCOc1ccnc2c(CN3CCCC3)cc(Cl)nc12. The predicted molar refractivity (Wildman–Crippen MR) is 118 cm³/mol. The molecule has 0 radical (unpaired) electrons. The van der Waals surface area contributed by atoms with E-state index in [9.17, 15) is 0 Å². The van der Waals surface area contributed by atoms with Crippen LogP contribution in [0.3, 0.4) is 0 Å². The Hall–Kier alpha value is -1.21. The van der Waals surface area contributed by atoms with Gasteiger partial charge in [-0.3, -0.25) is 9.88 Å². The largest absolute Gasteiger partial charge is 0.489 e. The van der Waals surface area contributed by atoms with Crippen molar-refractivity contribution in [1.29, 1.82) is 0 Å². The second-order valence-corrected chi connectivity index (χ2v) is 14.2. The molecule has 0 spiro atoms. The maximum absolute atomic E-state index is 6.32. The number of halogens is 1. The quantitative estimate of drug-likeness (QED) is 0.345. The van der Waals surface area contributed by atoms with Crippen LogP contribution < -0.4 is 4.74 Å². The number of pyridine rings is 2. The van der Waals surface area contributed by atoms with E-state index in [1.807, 2.05) is 12.1 Å². The van der Waals surface area contributed by atoms with Crippen molar-refractivity contribution in [1.82, 2.24) is 14.9 Å². The molecule has 0 unspecified atom stereocenters. The zero-order valence-electron chi connectivity index (χ0n) is 17.7. The molecule has 2 aromatic rings. The molecule has 0 N–H and O–H groups in total. The highest BCUT2D eigenvalue weighted by atomic mass is 35.5. The molecule has 2 aromatic heterocycles. The Labute approximate surface area is 174 Å². The Morgan fingerprint density at radius 1 is 1.14 bits per heavy atom. The zero-order valence-corrected chi connectivity index (χ0v) is 19.5. The number of rotatable bonds is 7. The van der Waals surface area contributed by atoms with Crippen LogP contribution in [0.25, 0.3) is 11.0 Å². The molecular weight excluding hydrogens is 390 g/mol. The summed E-state index contributed by atoms with van der Waals surface area (Å²) in [6, 6.07) is 3.79. The molecule has 1 aliphatic rings. The third kappa shape index (κ3) is 5.03. The van der Waals surface area contributed by atoms with E-state index in [2.05, 4.69) is 48.7 Å². The second kappa shape index (κ2) is 8.65. The fourth-order valence-electron chi connectivity index (χ4n) is 3.21. The van der Waals surface area contributed by atoms with Crippen LogP contribution in [0.2, 0.25) is 23.3 Å². The number of aromatic nitrogens is 2. The smallest absolute Gasteiger partial charge is 0.192 e. The molecule has 3 rings (SSSR count). The minimum atomic E-state index is -1.77. The molecule has 154 valence electrons. The molecule has 7 heteroatoms. The van der Waals surface area contributed by atoms with E-state index < -0.39 is 8.32 Å². The first-order valence-electron chi connectivity index (χ1n) is 10.1. The lowest BCUT2D eigenvalue weighted by atomic mass is 10.2. The van der Waals surface area contributed by atoms with Crippen molar-refractivity contribution >= 4 is 31.0 Å². The van der Waals surface area contributed by atoms with Crippen LogP contribution in [0.4, 0.5) is 0 Å². The van der Waals surface area contributed by atoms with Crippen molar-refractivity contribution in [3.05, 3.63) is 29.0 Å². The third-order valence-electron chi connectivity index (χ3n) is 5.91. The van der Waals surface area contributed by atoms with E-state index in [4.69, 9.17) is 20.8 Å². The molecule has 0 atom stereocenters. The van der Waals surface area contributed by atoms with E-state index in [-0.39, 0.29) is 5.04 Å². The average molecular weight is 422 g/mol. The minimum Gasteiger partial charge on any atom is -0.489 e. The van der Waals surface area contributed by atoms with Gasteiger partial charge in [0, 0.05) is 18.8 Å². The first-order valence-corrected chi connectivity index (χ1v) is 13.4. The number of hydrogen-bond acceptors (Lipinski definition) is 5. The van der Waals surface area contributed by atoms with Crippen LogP contribution in [0.15, 0.2) is 18.3 Å². The van der Waals surface area contributed by atoms with E-state index in [0.717, 1.165) is 36.2 Å². The van der Waals surface area contributed by atoms with Crippen LogP contribution >= 0.6 is 11.6 Å². The normalized spacial score (nSPS) is 16.1. The molecule has 5 nitrogen and oxygen atoms in total. The van der Waals surface area contributed by atoms with Gasteiger partial charge in [0.15, 0.2) is 8.32 Å². The summed E-state index contributed by atoms with van der Waals surface area (Å²) in [5.41, 5.74) is 2.72. The van der Waals surface area contributed by atoms with Gasteiger partial charge in [0.25, 0.3) is 0 Å². The fraction of sp³-hybridized carbons (Fsp3) is 0.619. The summed E-state index contributed by atoms with van der Waals surface area (Å²) in [7, 11) is -1.77. The van der Waals surface area contributed by atoms with Crippen molar-refractivity contribution in [3.63, 3.8) is 0 Å². The third-order valence-corrected chi connectivity index (χ3v) is 10.6. The summed E-state index contributed by atoms with van der Waals surface area (Å²) in [6.07, 6.45) is 4.30. The lowest BCUT2D eigenvalue weighted by Gasteiger charge is -2.36. The van der Waals surface area contributed by atoms with Crippen LogP contribution in [0.5, 0.6) is 5.75 Å². The molecular formula is C21H32ClN3O2Si. The predicted octanol–water partition coefficient (Wildman–Crippen LogP) is 5.28. The van der Waals surface area contributed by atoms with Crippen molar-refractivity contribution in [2.45, 2.75) is 58.3 Å². The molecule has 3 heterocycles. The monoisotopic (exact) mass is 421 g/mol. The lowest BCUT2D eigenvalue weighted by molar-refractivity contribution is 0.204. The van der Waals surface area contributed by atoms with E-state index in [1.165, 1.54) is 12.8 Å². The van der Waals surface area contributed by atoms with Crippen LogP contribution in [-0.2, 0) is 11.0 Å². The summed E-state index contributed by atoms with van der Waals surface area (Å²) in [4.78, 5) is 11.5. The van der Waals surface area contributed by atoms with Crippen molar-refractivity contribution in [3.8, 4) is 5.75 Å². The summed E-state index contributed by atoms with van der Waals surface area (Å²) < 4.78 is 12.2. The topological polar surface area (TPSA) is 47.5 Å². The highest BCUT2D eigenvalue weighted by molar-refractivity contribution is 6.74. The van der Waals surface area contributed by atoms with Crippen molar-refractivity contribution in [2.75, 3.05) is 26.3 Å². The molecule has 0 aromatic carbocycles. The van der Waals surface area contributed by atoms with Crippen LogP contribution in [0.1, 0.15) is 39.2 Å². The van der Waals surface area contributed by atoms with Crippen LogP contribution in [0, 0.1) is 0 Å². The molecule has 0 saturated carbocycles. The van der Waals surface area contributed by atoms with Gasteiger partial charge < -0.3 is 9.16 Å². The summed E-state index contributed by atoms with van der Waals surface area (Å²) in [5.74, 6) is 0.717. The molecule has 0 aliphatic carbocycles. The van der Waals surface area contributed by atoms with Gasteiger partial charge in [-0.2, -0.15) is 0 Å². The van der Waals surface area contributed by atoms with Gasteiger partial charge in [-0.1, -0.05) is 32.4 Å². The number of likely N-dealkylation sites (tertiary alicyclic amines) is 1. The van der Waals surface area contributed by atoms with Crippen LogP contribution in [-0.4, -0.2) is 49.5 Å². The molecule has 0 amide bonds. The highest BCUT2D eigenvalue weighted by Crippen LogP contribution is 2.36. The van der Waals surface area contributed by atoms with Gasteiger partial charge in [-0.05, 0) is 55.7 Å². The minimum absolute atomic E-state index is 0.190. The van der Waals surface area contributed by atoms with Crippen molar-refractivity contribution in [2.24, 2.45) is 0 Å². The Bertz CT molecular complexity index is 817. The van der Waals surface area contributed by atoms with E-state index in [0.29, 0.717) is 24.1 Å². The number of fused-ring (bicyclic) bond motifs is 1. The Kier molecular flexibility index (Phi) is 6.64. The van der Waals surface area contributed by atoms with E-state index in [1.54, 1.807) is 6.20 Å². The molecule has 1 saturated heterocycles. The molecule has 0 bridgehead atoms. The molecule has 1 aliphatic heterocycles. The summed E-state index contributed by atoms with van der Waals surface area (Å²) >= 11 is 6.32. The second-order valence-electron chi connectivity index (χ2n) is 9.05. The zero-order chi connectivity index (χ0) is 20.4. The standard InChI is InChI=1S/C21H32ClN3O2Si/c1-21(2,3)28(4,5)27-13-12-26-17-8-9-23-19-16(14-18(22)24-20(17)19)15-25-10-6-7-11-25/h8-9,14H,6-7,10-13,15H2,1-5H3. The van der Waals surface area contributed by atoms with Crippen molar-refractivity contribution < 1.29 is 9.16 Å². The number of hydrogen-bond donors (Lipinski definition) is 0. The van der Waals surface area contributed by atoms with Gasteiger partial charge in [-0.25, -0.2) is 4.98 Å². The highest BCUT2D eigenvalue weighted by Gasteiger charge is 2.36. The maximum Gasteiger partial charge on any atom is 0.192 e. The molecule has 1 fully saturated rings. The maximum atomic E-state index is 6.32. The van der Waals surface area contributed by atoms with Gasteiger partial charge in [0.05, 0.1) is 12.1 Å². The number of ether oxygens (including phenoxy) is 1. The van der Waals surface area contributed by atoms with Gasteiger partial charge >= 0.3 is 0 Å². The number of nitrogens with zero attached hydrogens (tertiary/aromatic N) is 3. The van der Waals surface area contributed by atoms with Gasteiger partial charge in [-0.15, -0.1) is 0 Å². The first-order chi connectivity index (χ1) is 13.2. The summed E-state index contributed by atoms with van der Waals surface area (Å²) in [5, 5.41) is 0.674. The Morgan fingerprint density at radius 2 is 1.86 bits per heavy atom. The molecule has 28 heavy (non-hydrogen) atoms. The Balaban J connectivity index is 1.72. The van der Waals surface area contributed by atoms with Gasteiger partial charge in [0.1, 0.15) is 23.0 Å².